The van der Waals surface area contributed by atoms with Crippen LogP contribution in [0.15, 0.2) is 24.3 Å². The van der Waals surface area contributed by atoms with E-state index in [1.807, 2.05) is 0 Å². The highest BCUT2D eigenvalue weighted by Crippen LogP contribution is 2.40. The molecule has 126 valence electrons. The molecule has 3 rings (SSSR count). The minimum Gasteiger partial charge on any atom is -0.493 e. The number of anilines is 1. The molecular formula is C17H17NO6. The Balaban J connectivity index is 2.07. The lowest BCUT2D eigenvalue weighted by Crippen LogP contribution is -2.07. The van der Waals surface area contributed by atoms with Crippen LogP contribution in [0.25, 0.3) is 0 Å². The second-order valence-corrected chi connectivity index (χ2v) is 5.04. The number of hydrogen-bond donors (Lipinski definition) is 1. The first-order valence-electron chi connectivity index (χ1n) is 7.12. The lowest BCUT2D eigenvalue weighted by molar-refractivity contribution is 0.103. The number of ketones is 1. The summed E-state index contributed by atoms with van der Waals surface area (Å²) in [5, 5.41) is 0. The van der Waals surface area contributed by atoms with Crippen molar-refractivity contribution in [2.75, 3.05) is 33.9 Å². The number of nitrogen functional groups attached to an aromatic ring is 1. The molecule has 1 aliphatic rings. The van der Waals surface area contributed by atoms with E-state index in [0.29, 0.717) is 45.6 Å². The summed E-state index contributed by atoms with van der Waals surface area (Å²) >= 11 is 0. The summed E-state index contributed by atoms with van der Waals surface area (Å²) in [6.07, 6.45) is 0. The van der Waals surface area contributed by atoms with Crippen LogP contribution in [0.5, 0.6) is 28.7 Å². The maximum atomic E-state index is 12.9. The van der Waals surface area contributed by atoms with Gasteiger partial charge in [0.05, 0.1) is 21.3 Å². The van der Waals surface area contributed by atoms with E-state index in [4.69, 9.17) is 29.4 Å². The highest BCUT2D eigenvalue weighted by Gasteiger charge is 2.23. The second kappa shape index (κ2) is 6.19. The van der Waals surface area contributed by atoms with E-state index in [1.165, 1.54) is 21.3 Å². The van der Waals surface area contributed by atoms with Crippen LogP contribution in [0.3, 0.4) is 0 Å². The van der Waals surface area contributed by atoms with Gasteiger partial charge in [-0.3, -0.25) is 4.79 Å². The van der Waals surface area contributed by atoms with Crippen molar-refractivity contribution < 1.29 is 28.5 Å². The predicted octanol–water partition coefficient (Wildman–Crippen LogP) is 2.25. The summed E-state index contributed by atoms with van der Waals surface area (Å²) in [6, 6.07) is 6.30. The van der Waals surface area contributed by atoms with Gasteiger partial charge in [-0.05, 0) is 18.2 Å². The standard InChI is InChI=1S/C17H17NO6/c1-20-14-4-9(5-15(21-2)17(14)22-3)16(19)10-6-12-13(7-11(10)18)24-8-23-12/h4-7H,8,18H2,1-3H3. The molecule has 2 aromatic carbocycles. The molecule has 0 aromatic heterocycles. The van der Waals surface area contributed by atoms with Crippen molar-refractivity contribution in [3.63, 3.8) is 0 Å². The Morgan fingerprint density at radius 1 is 0.958 bits per heavy atom. The third-order valence-electron chi connectivity index (χ3n) is 3.72. The number of carbonyl (C=O) groups is 1. The van der Waals surface area contributed by atoms with Crippen molar-refractivity contribution in [3.05, 3.63) is 35.4 Å². The van der Waals surface area contributed by atoms with E-state index in [9.17, 15) is 4.79 Å². The number of hydrogen-bond acceptors (Lipinski definition) is 7. The third kappa shape index (κ3) is 2.54. The van der Waals surface area contributed by atoms with E-state index in [0.717, 1.165) is 0 Å². The Bertz CT molecular complexity index is 777. The molecule has 0 atom stereocenters. The molecule has 1 aliphatic heterocycles. The van der Waals surface area contributed by atoms with Gasteiger partial charge in [0.15, 0.2) is 28.8 Å². The van der Waals surface area contributed by atoms with Gasteiger partial charge in [0, 0.05) is 22.9 Å². The Labute approximate surface area is 138 Å². The molecule has 0 saturated heterocycles. The number of benzene rings is 2. The van der Waals surface area contributed by atoms with Crippen molar-refractivity contribution in [1.29, 1.82) is 0 Å². The second-order valence-electron chi connectivity index (χ2n) is 5.04. The van der Waals surface area contributed by atoms with Crippen molar-refractivity contribution in [1.82, 2.24) is 0 Å². The Morgan fingerprint density at radius 2 is 1.54 bits per heavy atom. The number of fused-ring (bicyclic) bond motifs is 1. The van der Waals surface area contributed by atoms with E-state index in [-0.39, 0.29) is 12.6 Å². The first-order valence-corrected chi connectivity index (χ1v) is 7.12. The summed E-state index contributed by atoms with van der Waals surface area (Å²) in [7, 11) is 4.47. The van der Waals surface area contributed by atoms with Gasteiger partial charge in [-0.15, -0.1) is 0 Å². The van der Waals surface area contributed by atoms with Gasteiger partial charge in [-0.25, -0.2) is 0 Å². The molecule has 7 nitrogen and oxygen atoms in total. The first-order chi connectivity index (χ1) is 11.6. The highest BCUT2D eigenvalue weighted by molar-refractivity contribution is 6.13. The van der Waals surface area contributed by atoms with Gasteiger partial charge < -0.3 is 29.4 Å². The smallest absolute Gasteiger partial charge is 0.231 e. The van der Waals surface area contributed by atoms with Crippen LogP contribution in [0, 0.1) is 0 Å². The van der Waals surface area contributed by atoms with Crippen LogP contribution in [-0.4, -0.2) is 33.9 Å². The molecule has 0 radical (unpaired) electrons. The minimum absolute atomic E-state index is 0.108. The summed E-state index contributed by atoms with van der Waals surface area (Å²) in [6.45, 7) is 0.108. The average molecular weight is 331 g/mol. The molecule has 1 heterocycles. The SMILES string of the molecule is COc1cc(C(=O)c2cc3c(cc2N)OCO3)cc(OC)c1OC. The van der Waals surface area contributed by atoms with E-state index in [1.54, 1.807) is 24.3 Å². The van der Waals surface area contributed by atoms with Crippen molar-refractivity contribution in [3.8, 4) is 28.7 Å². The summed E-state index contributed by atoms with van der Waals surface area (Å²) in [5.41, 5.74) is 6.96. The Kier molecular flexibility index (Phi) is 4.07. The molecule has 0 aliphatic carbocycles. The number of rotatable bonds is 5. The van der Waals surface area contributed by atoms with Gasteiger partial charge in [-0.1, -0.05) is 0 Å². The predicted molar refractivity (Wildman–Crippen MR) is 86.5 cm³/mol. The molecule has 0 bridgehead atoms. The largest absolute Gasteiger partial charge is 0.493 e. The van der Waals surface area contributed by atoms with Crippen molar-refractivity contribution in [2.24, 2.45) is 0 Å². The number of carbonyl (C=O) groups excluding carboxylic acids is 1. The van der Waals surface area contributed by atoms with Crippen LogP contribution in [0.1, 0.15) is 15.9 Å². The molecule has 7 heteroatoms. The number of nitrogens with two attached hydrogens (primary N) is 1. The maximum absolute atomic E-state index is 12.9. The molecule has 2 N–H and O–H groups in total. The highest BCUT2D eigenvalue weighted by atomic mass is 16.7. The average Bonchev–Trinajstić information content (AvgIpc) is 3.06. The zero-order chi connectivity index (χ0) is 17.3. The molecule has 2 aromatic rings. The third-order valence-corrected chi connectivity index (χ3v) is 3.72. The first kappa shape index (κ1) is 15.8. The lowest BCUT2D eigenvalue weighted by atomic mass is 10.00. The van der Waals surface area contributed by atoms with Gasteiger partial charge in [0.1, 0.15) is 0 Å². The van der Waals surface area contributed by atoms with Crippen LogP contribution in [0.2, 0.25) is 0 Å². The summed E-state index contributed by atoms with van der Waals surface area (Å²) < 4.78 is 26.4. The quantitative estimate of drug-likeness (QED) is 0.664. The van der Waals surface area contributed by atoms with Gasteiger partial charge in [0.25, 0.3) is 0 Å². The van der Waals surface area contributed by atoms with E-state index < -0.39 is 0 Å². The van der Waals surface area contributed by atoms with Crippen molar-refractivity contribution >= 4 is 11.5 Å². The van der Waals surface area contributed by atoms with Gasteiger partial charge >= 0.3 is 0 Å². The normalized spacial score (nSPS) is 12.0. The molecule has 0 amide bonds. The fourth-order valence-corrected chi connectivity index (χ4v) is 2.52. The lowest BCUT2D eigenvalue weighted by Gasteiger charge is -2.14. The van der Waals surface area contributed by atoms with Crippen molar-refractivity contribution in [2.45, 2.75) is 0 Å². The molecular weight excluding hydrogens is 314 g/mol. The molecule has 0 saturated carbocycles. The zero-order valence-corrected chi connectivity index (χ0v) is 13.5. The van der Waals surface area contributed by atoms with Crippen LogP contribution in [-0.2, 0) is 0 Å². The number of methoxy groups -OCH3 is 3. The summed E-state index contributed by atoms with van der Waals surface area (Å²) in [5.74, 6) is 1.91. The van der Waals surface area contributed by atoms with Crippen LogP contribution < -0.4 is 29.4 Å². The fourth-order valence-electron chi connectivity index (χ4n) is 2.52. The Morgan fingerprint density at radius 3 is 2.08 bits per heavy atom. The van der Waals surface area contributed by atoms with Crippen LogP contribution >= 0.6 is 0 Å². The minimum atomic E-state index is -0.287. The molecule has 0 spiro atoms. The van der Waals surface area contributed by atoms with E-state index in [2.05, 4.69) is 0 Å². The Hall–Kier alpha value is -3.09. The molecule has 0 unspecified atom stereocenters. The molecule has 24 heavy (non-hydrogen) atoms. The van der Waals surface area contributed by atoms with Crippen LogP contribution in [0.4, 0.5) is 5.69 Å². The number of ether oxygens (including phenoxy) is 5. The zero-order valence-electron chi connectivity index (χ0n) is 13.5. The van der Waals surface area contributed by atoms with Gasteiger partial charge in [-0.2, -0.15) is 0 Å². The fraction of sp³-hybridized carbons (Fsp3) is 0.235. The summed E-state index contributed by atoms with van der Waals surface area (Å²) in [4.78, 5) is 12.9. The monoisotopic (exact) mass is 331 g/mol. The van der Waals surface area contributed by atoms with E-state index >= 15 is 0 Å². The maximum Gasteiger partial charge on any atom is 0.231 e. The van der Waals surface area contributed by atoms with Gasteiger partial charge in [0.2, 0.25) is 12.5 Å². The molecule has 0 fully saturated rings. The topological polar surface area (TPSA) is 89.2 Å².